The average Bonchev–Trinajstić information content (AvgIpc) is 2.36. The fourth-order valence-corrected chi connectivity index (χ4v) is 1.66. The number of carbonyl (C=O) groups excluding carboxylic acids is 2. The van der Waals surface area contributed by atoms with Gasteiger partial charge in [-0.2, -0.15) is 0 Å². The zero-order chi connectivity index (χ0) is 12.4. The Kier molecular flexibility index (Phi) is 2.99. The van der Waals surface area contributed by atoms with E-state index < -0.39 is 12.1 Å². The Morgan fingerprint density at radius 2 is 2.29 bits per heavy atom. The van der Waals surface area contributed by atoms with E-state index in [1.165, 1.54) is 7.11 Å². The van der Waals surface area contributed by atoms with Gasteiger partial charge in [-0.05, 0) is 24.6 Å². The number of methoxy groups -OCH3 is 1. The maximum Gasteiger partial charge on any atom is 0.337 e. The van der Waals surface area contributed by atoms with Crippen LogP contribution in [-0.4, -0.2) is 25.1 Å². The number of hydrogen-bond donors (Lipinski definition) is 1. The smallest absolute Gasteiger partial charge is 0.337 e. The first-order valence-electron chi connectivity index (χ1n) is 5.35. The number of amides is 1. The van der Waals surface area contributed by atoms with E-state index in [2.05, 4.69) is 10.1 Å². The molecule has 0 fully saturated rings. The zero-order valence-electron chi connectivity index (χ0n) is 9.65. The van der Waals surface area contributed by atoms with Gasteiger partial charge in [-0.25, -0.2) is 4.79 Å². The van der Waals surface area contributed by atoms with Crippen molar-refractivity contribution in [2.45, 2.75) is 19.4 Å². The lowest BCUT2D eigenvalue weighted by Gasteiger charge is -2.25. The van der Waals surface area contributed by atoms with Gasteiger partial charge in [-0.15, -0.1) is 0 Å². The van der Waals surface area contributed by atoms with Crippen LogP contribution in [0.25, 0.3) is 0 Å². The topological polar surface area (TPSA) is 64.6 Å². The highest BCUT2D eigenvalue weighted by Gasteiger charge is 2.26. The van der Waals surface area contributed by atoms with E-state index in [-0.39, 0.29) is 5.91 Å². The van der Waals surface area contributed by atoms with Crippen molar-refractivity contribution in [1.29, 1.82) is 0 Å². The second-order valence-corrected chi connectivity index (χ2v) is 3.71. The van der Waals surface area contributed by atoms with Crippen molar-refractivity contribution in [3.8, 4) is 5.75 Å². The summed E-state index contributed by atoms with van der Waals surface area (Å²) in [7, 11) is 1.32. The molecule has 1 aliphatic rings. The van der Waals surface area contributed by atoms with Crippen LogP contribution in [0.1, 0.15) is 23.7 Å². The van der Waals surface area contributed by atoms with Gasteiger partial charge >= 0.3 is 5.97 Å². The third-order valence-electron chi connectivity index (χ3n) is 2.59. The molecule has 0 spiro atoms. The molecular weight excluding hydrogens is 222 g/mol. The van der Waals surface area contributed by atoms with Crippen LogP contribution >= 0.6 is 0 Å². The lowest BCUT2D eigenvalue weighted by Crippen LogP contribution is -2.36. The lowest BCUT2D eigenvalue weighted by atomic mass is 10.1. The van der Waals surface area contributed by atoms with Gasteiger partial charge in [0.1, 0.15) is 5.75 Å². The van der Waals surface area contributed by atoms with Crippen molar-refractivity contribution in [2.75, 3.05) is 12.4 Å². The number of carbonyl (C=O) groups is 2. The van der Waals surface area contributed by atoms with E-state index >= 15 is 0 Å². The van der Waals surface area contributed by atoms with E-state index in [9.17, 15) is 9.59 Å². The van der Waals surface area contributed by atoms with E-state index in [0.29, 0.717) is 23.4 Å². The molecule has 5 heteroatoms. The molecule has 0 radical (unpaired) electrons. The standard InChI is InChI=1S/C12H13NO4/c1-3-9-11(14)13-8-5-4-7(12(15)16-2)6-10(8)17-9/h4-6,9H,3H2,1-2H3,(H,13,14). The molecule has 90 valence electrons. The molecule has 0 saturated heterocycles. The highest BCUT2D eigenvalue weighted by Crippen LogP contribution is 2.31. The highest BCUT2D eigenvalue weighted by molar-refractivity contribution is 5.99. The predicted octanol–water partition coefficient (Wildman–Crippen LogP) is 1.58. The van der Waals surface area contributed by atoms with Crippen LogP contribution in [0.5, 0.6) is 5.75 Å². The van der Waals surface area contributed by atoms with E-state index in [1.807, 2.05) is 6.92 Å². The second kappa shape index (κ2) is 4.45. The Morgan fingerprint density at radius 1 is 1.53 bits per heavy atom. The molecule has 5 nitrogen and oxygen atoms in total. The average molecular weight is 235 g/mol. The Hall–Kier alpha value is -2.04. The first kappa shape index (κ1) is 11.4. The summed E-state index contributed by atoms with van der Waals surface area (Å²) in [5, 5.41) is 2.73. The Bertz CT molecular complexity index is 470. The number of benzene rings is 1. The number of anilines is 1. The molecule has 0 aromatic heterocycles. The van der Waals surface area contributed by atoms with Crippen LogP contribution in [0.3, 0.4) is 0 Å². The van der Waals surface area contributed by atoms with Crippen LogP contribution in [0.2, 0.25) is 0 Å². The van der Waals surface area contributed by atoms with Gasteiger partial charge in [0.05, 0.1) is 18.4 Å². The molecule has 1 heterocycles. The zero-order valence-corrected chi connectivity index (χ0v) is 9.65. The van der Waals surface area contributed by atoms with Crippen molar-refractivity contribution in [3.63, 3.8) is 0 Å². The third kappa shape index (κ3) is 2.08. The van der Waals surface area contributed by atoms with Gasteiger partial charge in [-0.3, -0.25) is 4.79 Å². The minimum Gasteiger partial charge on any atom is -0.478 e. The van der Waals surface area contributed by atoms with Gasteiger partial charge in [0.15, 0.2) is 6.10 Å². The van der Waals surface area contributed by atoms with Gasteiger partial charge in [0.25, 0.3) is 5.91 Å². The Labute approximate surface area is 98.7 Å². The SMILES string of the molecule is CCC1Oc2cc(C(=O)OC)ccc2NC1=O. The molecule has 1 aliphatic heterocycles. The molecule has 1 aromatic carbocycles. The second-order valence-electron chi connectivity index (χ2n) is 3.71. The molecule has 0 bridgehead atoms. The number of hydrogen-bond acceptors (Lipinski definition) is 4. The monoisotopic (exact) mass is 235 g/mol. The Balaban J connectivity index is 2.33. The molecule has 1 atom stereocenters. The summed E-state index contributed by atoms with van der Waals surface area (Å²) in [5.41, 5.74) is 0.976. The number of rotatable bonds is 2. The van der Waals surface area contributed by atoms with Crippen LogP contribution in [0, 0.1) is 0 Å². The molecule has 2 rings (SSSR count). The summed E-state index contributed by atoms with van der Waals surface area (Å²) in [6.07, 6.45) is 0.0728. The van der Waals surface area contributed by atoms with Crippen LogP contribution in [0.15, 0.2) is 18.2 Å². The predicted molar refractivity (Wildman–Crippen MR) is 61.1 cm³/mol. The van der Waals surface area contributed by atoms with Crippen molar-refractivity contribution in [2.24, 2.45) is 0 Å². The minimum atomic E-state index is -0.504. The van der Waals surface area contributed by atoms with Crippen LogP contribution in [0.4, 0.5) is 5.69 Å². The highest BCUT2D eigenvalue weighted by atomic mass is 16.5. The maximum atomic E-state index is 11.5. The van der Waals surface area contributed by atoms with Crippen molar-refractivity contribution >= 4 is 17.6 Å². The number of esters is 1. The quantitative estimate of drug-likeness (QED) is 0.790. The fourth-order valence-electron chi connectivity index (χ4n) is 1.66. The molecule has 1 unspecified atom stereocenters. The lowest BCUT2D eigenvalue weighted by molar-refractivity contribution is -0.123. The van der Waals surface area contributed by atoms with Gasteiger partial charge < -0.3 is 14.8 Å². The number of ether oxygens (including phenoxy) is 2. The third-order valence-corrected chi connectivity index (χ3v) is 2.59. The molecule has 1 N–H and O–H groups in total. The molecular formula is C12H13NO4. The molecule has 17 heavy (non-hydrogen) atoms. The number of fused-ring (bicyclic) bond motifs is 1. The van der Waals surface area contributed by atoms with Crippen molar-refractivity contribution in [3.05, 3.63) is 23.8 Å². The summed E-state index contributed by atoms with van der Waals surface area (Å²) in [5.74, 6) is -0.0912. The summed E-state index contributed by atoms with van der Waals surface area (Å²) in [6, 6.07) is 4.79. The van der Waals surface area contributed by atoms with Gasteiger partial charge in [-0.1, -0.05) is 6.92 Å². The summed E-state index contributed by atoms with van der Waals surface area (Å²) >= 11 is 0. The molecule has 1 aromatic rings. The fraction of sp³-hybridized carbons (Fsp3) is 0.333. The Morgan fingerprint density at radius 3 is 2.94 bits per heavy atom. The summed E-state index contributed by atoms with van der Waals surface area (Å²) in [6.45, 7) is 1.86. The minimum absolute atomic E-state index is 0.161. The van der Waals surface area contributed by atoms with Crippen LogP contribution < -0.4 is 10.1 Å². The first-order chi connectivity index (χ1) is 8.15. The van der Waals surface area contributed by atoms with Crippen LogP contribution in [-0.2, 0) is 9.53 Å². The number of nitrogens with one attached hydrogen (secondary N) is 1. The molecule has 1 amide bonds. The maximum absolute atomic E-state index is 11.5. The normalized spacial score (nSPS) is 17.8. The van der Waals surface area contributed by atoms with Gasteiger partial charge in [0, 0.05) is 0 Å². The van der Waals surface area contributed by atoms with Gasteiger partial charge in [0.2, 0.25) is 0 Å². The van der Waals surface area contributed by atoms with E-state index in [4.69, 9.17) is 4.74 Å². The molecule has 0 aliphatic carbocycles. The summed E-state index contributed by atoms with van der Waals surface area (Å²) in [4.78, 5) is 22.9. The van der Waals surface area contributed by atoms with E-state index in [0.717, 1.165) is 0 Å². The molecule has 0 saturated carbocycles. The first-order valence-corrected chi connectivity index (χ1v) is 5.35. The van der Waals surface area contributed by atoms with E-state index in [1.54, 1.807) is 18.2 Å². The largest absolute Gasteiger partial charge is 0.478 e. The summed E-state index contributed by atoms with van der Waals surface area (Å²) < 4.78 is 10.1. The van der Waals surface area contributed by atoms with Crippen molar-refractivity contribution in [1.82, 2.24) is 0 Å². The van der Waals surface area contributed by atoms with Crippen molar-refractivity contribution < 1.29 is 19.1 Å².